The third-order valence-electron chi connectivity index (χ3n) is 3.00. The van der Waals surface area contributed by atoms with Crippen molar-refractivity contribution in [2.75, 3.05) is 23.0 Å². The van der Waals surface area contributed by atoms with E-state index in [1.807, 2.05) is 0 Å². The van der Waals surface area contributed by atoms with Crippen molar-refractivity contribution in [2.24, 2.45) is 0 Å². The Hall–Kier alpha value is -3.11. The van der Waals surface area contributed by atoms with Crippen LogP contribution in [0.25, 0.3) is 0 Å². The number of nitrogens with zero attached hydrogens (tertiary/aromatic N) is 2. The maximum Gasteiger partial charge on any atom is 0.261 e. The minimum absolute atomic E-state index is 0.0648. The van der Waals surface area contributed by atoms with E-state index < -0.39 is 28.8 Å². The molecule has 3 N–H and O–H groups in total. The van der Waals surface area contributed by atoms with E-state index in [9.17, 15) is 23.6 Å². The number of amides is 2. The van der Waals surface area contributed by atoms with Crippen LogP contribution in [0, 0.1) is 11.6 Å². The molecule has 10 heteroatoms. The van der Waals surface area contributed by atoms with Crippen LogP contribution in [-0.2, 0) is 9.63 Å². The Morgan fingerprint density at radius 1 is 1.20 bits per heavy atom. The summed E-state index contributed by atoms with van der Waals surface area (Å²) in [5.74, 6) is -3.58. The molecule has 0 aliphatic carbocycles. The summed E-state index contributed by atoms with van der Waals surface area (Å²) in [5, 5.41) is 14.1. The molecule has 0 spiro atoms. The van der Waals surface area contributed by atoms with Crippen LogP contribution in [0.1, 0.15) is 17.3 Å². The van der Waals surface area contributed by atoms with Gasteiger partial charge in [0.25, 0.3) is 5.91 Å². The fraction of sp³-hybridized carbons (Fsp3) is 0.133. The van der Waals surface area contributed by atoms with Gasteiger partial charge in [-0.1, -0.05) is 0 Å². The second-order valence-electron chi connectivity index (χ2n) is 4.78. The molecule has 0 unspecified atom stereocenters. The monoisotopic (exact) mass is 352 g/mol. The van der Waals surface area contributed by atoms with Crippen molar-refractivity contribution >= 4 is 29.0 Å². The number of pyridine rings is 1. The van der Waals surface area contributed by atoms with Gasteiger partial charge in [0.2, 0.25) is 5.91 Å². The summed E-state index contributed by atoms with van der Waals surface area (Å²) in [5.41, 5.74) is -1.29. The Balaban J connectivity index is 2.24. The fourth-order valence-electron chi connectivity index (χ4n) is 1.91. The predicted octanol–water partition coefficient (Wildman–Crippen LogP) is 2.33. The van der Waals surface area contributed by atoms with Crippen molar-refractivity contribution in [1.29, 1.82) is 0 Å². The van der Waals surface area contributed by atoms with Gasteiger partial charge >= 0.3 is 0 Å². The van der Waals surface area contributed by atoms with Crippen molar-refractivity contribution < 1.29 is 28.4 Å². The fourth-order valence-corrected chi connectivity index (χ4v) is 1.91. The molecule has 0 aliphatic rings. The molecule has 0 saturated heterocycles. The standard InChI is InChI=1S/C15H14F2N4O4/c1-8(22)19-12-6-3-9(7-18-12)20-15(23)13-10(16)4-5-11(14(13)17)21(24)25-2/h3-7,24H,1-2H3,(H,20,23)(H,18,19,22). The molecule has 0 radical (unpaired) electrons. The number of aromatic nitrogens is 1. The second kappa shape index (κ2) is 7.64. The molecule has 2 amide bonds. The first-order chi connectivity index (χ1) is 11.8. The third-order valence-corrected chi connectivity index (χ3v) is 3.00. The zero-order valence-electron chi connectivity index (χ0n) is 13.2. The molecule has 8 nitrogen and oxygen atoms in total. The van der Waals surface area contributed by atoms with Crippen LogP contribution in [0.15, 0.2) is 30.5 Å². The summed E-state index contributed by atoms with van der Waals surface area (Å²) in [6, 6.07) is 4.52. The van der Waals surface area contributed by atoms with Gasteiger partial charge in [-0.15, -0.1) is 5.23 Å². The zero-order valence-corrected chi connectivity index (χ0v) is 13.2. The lowest BCUT2D eigenvalue weighted by molar-refractivity contribution is -0.114. The van der Waals surface area contributed by atoms with Gasteiger partial charge in [-0.3, -0.25) is 19.6 Å². The van der Waals surface area contributed by atoms with Gasteiger partial charge in [0.1, 0.15) is 22.9 Å². The van der Waals surface area contributed by atoms with E-state index in [1.54, 1.807) is 0 Å². The molecular weight excluding hydrogens is 338 g/mol. The van der Waals surface area contributed by atoms with Crippen LogP contribution in [0.4, 0.5) is 26.0 Å². The zero-order chi connectivity index (χ0) is 18.6. The third kappa shape index (κ3) is 4.25. The van der Waals surface area contributed by atoms with Crippen LogP contribution in [0.5, 0.6) is 0 Å². The van der Waals surface area contributed by atoms with Gasteiger partial charge in [-0.05, 0) is 24.3 Å². The molecule has 132 valence electrons. The van der Waals surface area contributed by atoms with Gasteiger partial charge in [-0.2, -0.15) is 0 Å². The smallest absolute Gasteiger partial charge is 0.261 e. The molecule has 1 aromatic heterocycles. The van der Waals surface area contributed by atoms with Gasteiger partial charge in [0, 0.05) is 6.92 Å². The Bertz CT molecular complexity index is 799. The van der Waals surface area contributed by atoms with Gasteiger partial charge in [-0.25, -0.2) is 13.8 Å². The molecule has 1 heterocycles. The van der Waals surface area contributed by atoms with Crippen LogP contribution in [0.3, 0.4) is 0 Å². The first kappa shape index (κ1) is 18.2. The average Bonchev–Trinajstić information content (AvgIpc) is 2.55. The normalized spacial score (nSPS) is 10.3. The molecule has 0 aliphatic heterocycles. The predicted molar refractivity (Wildman–Crippen MR) is 84.1 cm³/mol. The molecule has 0 fully saturated rings. The molecule has 25 heavy (non-hydrogen) atoms. The Morgan fingerprint density at radius 2 is 1.92 bits per heavy atom. The Labute approximate surface area is 140 Å². The minimum atomic E-state index is -1.30. The summed E-state index contributed by atoms with van der Waals surface area (Å²) in [6.45, 7) is 1.31. The number of anilines is 3. The lowest BCUT2D eigenvalue weighted by Crippen LogP contribution is -2.21. The maximum absolute atomic E-state index is 14.3. The van der Waals surface area contributed by atoms with Crippen LogP contribution >= 0.6 is 0 Å². The second-order valence-corrected chi connectivity index (χ2v) is 4.78. The largest absolute Gasteiger partial charge is 0.320 e. The number of carbonyl (C=O) groups excluding carboxylic acids is 2. The number of halogens is 2. The number of carbonyl (C=O) groups is 2. The molecule has 2 aromatic rings. The number of hydrogen-bond donors (Lipinski definition) is 3. The molecule has 0 bridgehead atoms. The number of rotatable bonds is 5. The van der Waals surface area contributed by atoms with Crippen molar-refractivity contribution in [3.63, 3.8) is 0 Å². The lowest BCUT2D eigenvalue weighted by atomic mass is 10.1. The van der Waals surface area contributed by atoms with Crippen LogP contribution < -0.4 is 15.9 Å². The number of hydrogen-bond acceptors (Lipinski definition) is 6. The SMILES string of the molecule is CON(O)c1ccc(F)c(C(=O)Nc2ccc(NC(C)=O)nc2)c1F. The highest BCUT2D eigenvalue weighted by atomic mass is 19.1. The van der Waals surface area contributed by atoms with E-state index in [0.29, 0.717) is 0 Å². The van der Waals surface area contributed by atoms with E-state index in [1.165, 1.54) is 25.3 Å². The summed E-state index contributed by atoms with van der Waals surface area (Å²) in [4.78, 5) is 31.3. The number of nitrogens with one attached hydrogen (secondary N) is 2. The van der Waals surface area contributed by atoms with Gasteiger partial charge < -0.3 is 10.6 Å². The van der Waals surface area contributed by atoms with E-state index >= 15 is 0 Å². The molecule has 0 saturated carbocycles. The van der Waals surface area contributed by atoms with Gasteiger partial charge in [0.05, 0.1) is 19.0 Å². The van der Waals surface area contributed by atoms with E-state index in [2.05, 4.69) is 20.5 Å². The van der Waals surface area contributed by atoms with E-state index in [-0.39, 0.29) is 22.6 Å². The highest BCUT2D eigenvalue weighted by Crippen LogP contribution is 2.25. The van der Waals surface area contributed by atoms with Crippen molar-refractivity contribution in [2.45, 2.75) is 6.92 Å². The van der Waals surface area contributed by atoms with Crippen LogP contribution in [-0.4, -0.2) is 29.1 Å². The topological polar surface area (TPSA) is 104 Å². The average molecular weight is 352 g/mol. The lowest BCUT2D eigenvalue weighted by Gasteiger charge is -2.16. The molecule has 0 atom stereocenters. The summed E-state index contributed by atoms with van der Waals surface area (Å²) in [7, 11) is 1.06. The highest BCUT2D eigenvalue weighted by molar-refractivity contribution is 6.05. The molecule has 1 aromatic carbocycles. The molecular formula is C15H14F2N4O4. The van der Waals surface area contributed by atoms with Crippen molar-refractivity contribution in [1.82, 2.24) is 4.98 Å². The van der Waals surface area contributed by atoms with E-state index in [0.717, 1.165) is 19.2 Å². The summed E-state index contributed by atoms with van der Waals surface area (Å²) in [6.07, 6.45) is 1.20. The van der Waals surface area contributed by atoms with Crippen molar-refractivity contribution in [3.8, 4) is 0 Å². The van der Waals surface area contributed by atoms with Crippen molar-refractivity contribution in [3.05, 3.63) is 47.7 Å². The maximum atomic E-state index is 14.3. The first-order valence-electron chi connectivity index (χ1n) is 6.89. The molecule has 2 rings (SSSR count). The Morgan fingerprint density at radius 3 is 2.48 bits per heavy atom. The summed E-state index contributed by atoms with van der Waals surface area (Å²) >= 11 is 0. The quantitative estimate of drug-likeness (QED) is 0.714. The first-order valence-corrected chi connectivity index (χ1v) is 6.89. The van der Waals surface area contributed by atoms with Gasteiger partial charge in [0.15, 0.2) is 5.82 Å². The highest BCUT2D eigenvalue weighted by Gasteiger charge is 2.23. The summed E-state index contributed by atoms with van der Waals surface area (Å²) < 4.78 is 28.1. The Kier molecular flexibility index (Phi) is 5.57. The number of benzene rings is 1. The van der Waals surface area contributed by atoms with E-state index in [4.69, 9.17) is 0 Å². The minimum Gasteiger partial charge on any atom is -0.320 e. The van der Waals surface area contributed by atoms with Crippen LogP contribution in [0.2, 0.25) is 0 Å².